The van der Waals surface area contributed by atoms with E-state index in [1.54, 1.807) is 5.56 Å². The molecular formula is C16H24. The van der Waals surface area contributed by atoms with E-state index in [0.717, 1.165) is 11.8 Å². The van der Waals surface area contributed by atoms with Gasteiger partial charge in [0.25, 0.3) is 0 Å². The molecule has 0 heterocycles. The molecule has 0 amide bonds. The number of aryl methyl sites for hydroxylation is 1. The minimum Gasteiger partial charge on any atom is -0.0651 e. The van der Waals surface area contributed by atoms with E-state index < -0.39 is 0 Å². The van der Waals surface area contributed by atoms with Crippen molar-refractivity contribution in [1.29, 1.82) is 0 Å². The van der Waals surface area contributed by atoms with Crippen LogP contribution in [0.1, 0.15) is 61.6 Å². The summed E-state index contributed by atoms with van der Waals surface area (Å²) in [5, 5.41) is 0. The first-order valence-corrected chi connectivity index (χ1v) is 6.78. The van der Waals surface area contributed by atoms with Crippen LogP contribution in [0.4, 0.5) is 0 Å². The molecular weight excluding hydrogens is 192 g/mol. The van der Waals surface area contributed by atoms with Gasteiger partial charge in [-0.1, -0.05) is 31.5 Å². The zero-order chi connectivity index (χ0) is 11.5. The predicted octanol–water partition coefficient (Wildman–Crippen LogP) is 4.99. The fourth-order valence-corrected chi connectivity index (χ4v) is 3.10. The molecule has 0 spiro atoms. The van der Waals surface area contributed by atoms with Crippen molar-refractivity contribution in [2.24, 2.45) is 5.92 Å². The molecule has 16 heavy (non-hydrogen) atoms. The van der Waals surface area contributed by atoms with Gasteiger partial charge in [0, 0.05) is 0 Å². The van der Waals surface area contributed by atoms with E-state index in [-0.39, 0.29) is 0 Å². The molecule has 0 unspecified atom stereocenters. The highest BCUT2D eigenvalue weighted by molar-refractivity contribution is 5.35. The third-order valence-corrected chi connectivity index (χ3v) is 4.51. The van der Waals surface area contributed by atoms with Gasteiger partial charge < -0.3 is 0 Å². The highest BCUT2D eigenvalue weighted by Crippen LogP contribution is 2.38. The zero-order valence-corrected chi connectivity index (χ0v) is 10.9. The largest absolute Gasteiger partial charge is 0.0651 e. The Kier molecular flexibility index (Phi) is 3.68. The van der Waals surface area contributed by atoms with E-state index in [0.29, 0.717) is 0 Å². The monoisotopic (exact) mass is 216 g/mol. The van der Waals surface area contributed by atoms with Crippen molar-refractivity contribution in [2.45, 2.75) is 58.8 Å². The van der Waals surface area contributed by atoms with Crippen molar-refractivity contribution in [3.8, 4) is 0 Å². The third-order valence-electron chi connectivity index (χ3n) is 4.51. The third kappa shape index (κ3) is 2.31. The lowest BCUT2D eigenvalue weighted by atomic mass is 9.76. The van der Waals surface area contributed by atoms with Gasteiger partial charge in [-0.15, -0.1) is 0 Å². The smallest absolute Gasteiger partial charge is 0.0159 e. The van der Waals surface area contributed by atoms with Crippen molar-refractivity contribution in [1.82, 2.24) is 0 Å². The van der Waals surface area contributed by atoms with Crippen LogP contribution in [0, 0.1) is 19.8 Å². The molecule has 1 fully saturated rings. The molecule has 2 rings (SSSR count). The molecule has 0 radical (unpaired) electrons. The second-order valence-corrected chi connectivity index (χ2v) is 5.42. The van der Waals surface area contributed by atoms with E-state index in [1.807, 2.05) is 0 Å². The summed E-state index contributed by atoms with van der Waals surface area (Å²) in [5.74, 6) is 1.84. The van der Waals surface area contributed by atoms with Gasteiger partial charge in [0.05, 0.1) is 0 Å². The Bertz CT molecular complexity index is 343. The standard InChI is InChI=1S/C16H24/c1-4-14-8-10-15(11-9-14)16-7-5-6-12(2)13(16)3/h5-7,14-15H,4,8-11H2,1-3H3. The average Bonchev–Trinajstić information content (AvgIpc) is 2.33. The molecule has 0 heteroatoms. The van der Waals surface area contributed by atoms with Gasteiger partial charge in [-0.2, -0.15) is 0 Å². The fraction of sp³-hybridized carbons (Fsp3) is 0.625. The predicted molar refractivity (Wildman–Crippen MR) is 70.9 cm³/mol. The minimum atomic E-state index is 0.836. The maximum atomic E-state index is 2.35. The zero-order valence-electron chi connectivity index (χ0n) is 10.9. The molecule has 0 nitrogen and oxygen atoms in total. The molecule has 1 aromatic rings. The van der Waals surface area contributed by atoms with Crippen molar-refractivity contribution in [3.05, 3.63) is 34.9 Å². The number of benzene rings is 1. The molecule has 0 bridgehead atoms. The lowest BCUT2D eigenvalue weighted by molar-refractivity contribution is 0.318. The Labute approximate surface area is 100 Å². The number of hydrogen-bond donors (Lipinski definition) is 0. The van der Waals surface area contributed by atoms with Gasteiger partial charge in [0.15, 0.2) is 0 Å². The van der Waals surface area contributed by atoms with Crippen LogP contribution < -0.4 is 0 Å². The first kappa shape index (κ1) is 11.7. The van der Waals surface area contributed by atoms with Crippen molar-refractivity contribution >= 4 is 0 Å². The second-order valence-electron chi connectivity index (χ2n) is 5.42. The molecule has 0 aliphatic heterocycles. The summed E-state index contributed by atoms with van der Waals surface area (Å²) in [4.78, 5) is 0. The van der Waals surface area contributed by atoms with Crippen LogP contribution >= 0.6 is 0 Å². The van der Waals surface area contributed by atoms with E-state index in [4.69, 9.17) is 0 Å². The minimum absolute atomic E-state index is 0.836. The average molecular weight is 216 g/mol. The maximum absolute atomic E-state index is 2.35. The molecule has 0 aromatic heterocycles. The van der Waals surface area contributed by atoms with E-state index >= 15 is 0 Å². The molecule has 0 N–H and O–H groups in total. The van der Waals surface area contributed by atoms with Gasteiger partial charge in [-0.05, 0) is 68.1 Å². The number of hydrogen-bond acceptors (Lipinski definition) is 0. The van der Waals surface area contributed by atoms with Gasteiger partial charge in [0.2, 0.25) is 0 Å². The maximum Gasteiger partial charge on any atom is -0.0159 e. The second kappa shape index (κ2) is 5.03. The Morgan fingerprint density at radius 3 is 2.38 bits per heavy atom. The van der Waals surface area contributed by atoms with Gasteiger partial charge in [0.1, 0.15) is 0 Å². The first-order chi connectivity index (χ1) is 7.72. The fourth-order valence-electron chi connectivity index (χ4n) is 3.10. The Morgan fingerprint density at radius 2 is 1.75 bits per heavy atom. The van der Waals surface area contributed by atoms with Crippen molar-refractivity contribution in [3.63, 3.8) is 0 Å². The van der Waals surface area contributed by atoms with Gasteiger partial charge in [-0.25, -0.2) is 0 Å². The summed E-state index contributed by atoms with van der Waals surface area (Å²) in [6, 6.07) is 6.80. The van der Waals surface area contributed by atoms with Crippen LogP contribution in [0.15, 0.2) is 18.2 Å². The summed E-state index contributed by atoms with van der Waals surface area (Å²) in [6.07, 6.45) is 7.06. The number of rotatable bonds is 2. The van der Waals surface area contributed by atoms with E-state index in [1.165, 1.54) is 43.2 Å². The van der Waals surface area contributed by atoms with Crippen molar-refractivity contribution in [2.75, 3.05) is 0 Å². The summed E-state index contributed by atoms with van der Waals surface area (Å²) < 4.78 is 0. The van der Waals surface area contributed by atoms with Crippen LogP contribution in [0.5, 0.6) is 0 Å². The topological polar surface area (TPSA) is 0 Å². The van der Waals surface area contributed by atoms with E-state index in [2.05, 4.69) is 39.0 Å². The van der Waals surface area contributed by atoms with Gasteiger partial charge >= 0.3 is 0 Å². The summed E-state index contributed by atoms with van der Waals surface area (Å²) in [7, 11) is 0. The molecule has 1 saturated carbocycles. The van der Waals surface area contributed by atoms with Gasteiger partial charge in [-0.3, -0.25) is 0 Å². The van der Waals surface area contributed by atoms with Crippen LogP contribution in [-0.4, -0.2) is 0 Å². The summed E-state index contributed by atoms with van der Waals surface area (Å²) in [6.45, 7) is 6.86. The van der Waals surface area contributed by atoms with Crippen LogP contribution in [0.25, 0.3) is 0 Å². The Balaban J connectivity index is 2.11. The summed E-state index contributed by atoms with van der Waals surface area (Å²) >= 11 is 0. The molecule has 1 aliphatic carbocycles. The molecule has 0 saturated heterocycles. The molecule has 1 aliphatic rings. The van der Waals surface area contributed by atoms with Crippen LogP contribution in [-0.2, 0) is 0 Å². The first-order valence-electron chi connectivity index (χ1n) is 6.78. The Morgan fingerprint density at radius 1 is 1.06 bits per heavy atom. The highest BCUT2D eigenvalue weighted by Gasteiger charge is 2.22. The highest BCUT2D eigenvalue weighted by atomic mass is 14.3. The Hall–Kier alpha value is -0.780. The molecule has 0 atom stereocenters. The molecule has 1 aromatic carbocycles. The van der Waals surface area contributed by atoms with Crippen LogP contribution in [0.3, 0.4) is 0 Å². The van der Waals surface area contributed by atoms with E-state index in [9.17, 15) is 0 Å². The quantitative estimate of drug-likeness (QED) is 0.653. The normalized spacial score (nSPS) is 25.7. The molecule has 88 valence electrons. The van der Waals surface area contributed by atoms with Crippen molar-refractivity contribution < 1.29 is 0 Å². The summed E-state index contributed by atoms with van der Waals surface area (Å²) in [5.41, 5.74) is 4.60. The van der Waals surface area contributed by atoms with Crippen LogP contribution in [0.2, 0.25) is 0 Å². The lowest BCUT2D eigenvalue weighted by Gasteiger charge is -2.29. The SMILES string of the molecule is CCC1CCC(c2cccc(C)c2C)CC1. The lowest BCUT2D eigenvalue weighted by Crippen LogP contribution is -2.13.